The normalized spacial score (nSPS) is 17.7. The van der Waals surface area contributed by atoms with Gasteiger partial charge in [0, 0.05) is 42.3 Å². The van der Waals surface area contributed by atoms with Crippen LogP contribution in [0.25, 0.3) is 0 Å². The van der Waals surface area contributed by atoms with E-state index in [0.29, 0.717) is 6.04 Å². The molecule has 0 aromatic heterocycles. The van der Waals surface area contributed by atoms with E-state index in [1.54, 1.807) is 0 Å². The van der Waals surface area contributed by atoms with Crippen molar-refractivity contribution < 1.29 is 4.74 Å². The summed E-state index contributed by atoms with van der Waals surface area (Å²) < 4.78 is 7.02. The number of hydrogen-bond acceptors (Lipinski definition) is 3. The second-order valence-electron chi connectivity index (χ2n) is 5.56. The lowest BCUT2D eigenvalue weighted by Gasteiger charge is -2.36. The van der Waals surface area contributed by atoms with Crippen LogP contribution in [0, 0.1) is 0 Å². The highest BCUT2D eigenvalue weighted by Gasteiger charge is 2.24. The Kier molecular flexibility index (Phi) is 7.00. The van der Waals surface area contributed by atoms with Gasteiger partial charge in [0.1, 0.15) is 5.75 Å². The van der Waals surface area contributed by atoms with Gasteiger partial charge in [0.25, 0.3) is 0 Å². The van der Waals surface area contributed by atoms with Crippen molar-refractivity contribution in [1.29, 1.82) is 0 Å². The third-order valence-corrected chi connectivity index (χ3v) is 4.55. The second kappa shape index (κ2) is 8.76. The maximum atomic E-state index is 5.88. The predicted molar refractivity (Wildman–Crippen MR) is 92.0 cm³/mol. The minimum Gasteiger partial charge on any atom is -0.494 e. The Labute approximate surface area is 137 Å². The van der Waals surface area contributed by atoms with E-state index in [1.807, 2.05) is 0 Å². The van der Waals surface area contributed by atoms with Crippen molar-refractivity contribution in [3.63, 3.8) is 0 Å². The summed E-state index contributed by atoms with van der Waals surface area (Å²) in [6.45, 7) is 9.44. The highest BCUT2D eigenvalue weighted by Crippen LogP contribution is 2.35. The molecule has 0 radical (unpaired) electrons. The maximum Gasteiger partial charge on any atom is 0.124 e. The fourth-order valence-electron chi connectivity index (χ4n) is 2.99. The molecule has 2 rings (SSSR count). The smallest absolute Gasteiger partial charge is 0.124 e. The number of nitrogens with one attached hydrogen (secondary N) is 1. The van der Waals surface area contributed by atoms with Gasteiger partial charge in [0.2, 0.25) is 0 Å². The summed E-state index contributed by atoms with van der Waals surface area (Å²) in [5, 5.41) is 3.45. The first kappa shape index (κ1) is 16.8. The van der Waals surface area contributed by atoms with Crippen molar-refractivity contribution in [1.82, 2.24) is 10.2 Å². The van der Waals surface area contributed by atoms with Crippen molar-refractivity contribution in [2.75, 3.05) is 32.8 Å². The molecule has 4 heteroatoms. The largest absolute Gasteiger partial charge is 0.494 e. The van der Waals surface area contributed by atoms with Crippen LogP contribution in [-0.2, 0) is 0 Å². The first-order valence-electron chi connectivity index (χ1n) is 8.13. The molecule has 1 N–H and O–H groups in total. The van der Waals surface area contributed by atoms with E-state index in [2.05, 4.69) is 58.2 Å². The fourth-order valence-corrected chi connectivity index (χ4v) is 3.37. The highest BCUT2D eigenvalue weighted by atomic mass is 79.9. The lowest BCUT2D eigenvalue weighted by atomic mass is 9.98. The third-order valence-electron chi connectivity index (χ3n) is 4.05. The van der Waals surface area contributed by atoms with Gasteiger partial charge in [-0.3, -0.25) is 4.90 Å². The van der Waals surface area contributed by atoms with E-state index < -0.39 is 0 Å². The van der Waals surface area contributed by atoms with Gasteiger partial charge in [-0.2, -0.15) is 0 Å². The van der Waals surface area contributed by atoms with Gasteiger partial charge in [-0.1, -0.05) is 35.7 Å². The molecule has 0 saturated carbocycles. The highest BCUT2D eigenvalue weighted by molar-refractivity contribution is 9.10. The molecule has 1 heterocycles. The molecule has 1 saturated heterocycles. The van der Waals surface area contributed by atoms with Gasteiger partial charge < -0.3 is 10.1 Å². The van der Waals surface area contributed by atoms with E-state index in [0.717, 1.165) is 43.0 Å². The Morgan fingerprint density at radius 3 is 2.71 bits per heavy atom. The summed E-state index contributed by atoms with van der Waals surface area (Å²) >= 11 is 3.62. The third kappa shape index (κ3) is 4.70. The van der Waals surface area contributed by atoms with Crippen LogP contribution in [0.3, 0.4) is 0 Å². The molecule has 0 aliphatic carbocycles. The molecule has 1 unspecified atom stereocenters. The molecule has 3 nitrogen and oxygen atoms in total. The molecular weight excluding hydrogens is 328 g/mol. The van der Waals surface area contributed by atoms with Crippen LogP contribution >= 0.6 is 15.9 Å². The molecule has 1 aliphatic rings. The van der Waals surface area contributed by atoms with Crippen molar-refractivity contribution in [3.05, 3.63) is 28.2 Å². The molecule has 0 amide bonds. The SMILES string of the molecule is CCCCC(c1cc(Br)ccc1OCC)N1CCNCC1. The minimum absolute atomic E-state index is 0.464. The molecule has 0 spiro atoms. The average molecular weight is 355 g/mol. The summed E-state index contributed by atoms with van der Waals surface area (Å²) in [4.78, 5) is 2.61. The Balaban J connectivity index is 2.27. The molecule has 0 bridgehead atoms. The number of ether oxygens (including phenoxy) is 1. The molecular formula is C17H27BrN2O. The fraction of sp³-hybridized carbons (Fsp3) is 0.647. The Bertz CT molecular complexity index is 433. The lowest BCUT2D eigenvalue weighted by molar-refractivity contribution is 0.159. The predicted octanol–water partition coefficient (Wildman–Crippen LogP) is 3.98. The van der Waals surface area contributed by atoms with Gasteiger partial charge in [0.05, 0.1) is 6.61 Å². The number of rotatable bonds is 7. The number of benzene rings is 1. The van der Waals surface area contributed by atoms with Gasteiger partial charge in [-0.15, -0.1) is 0 Å². The molecule has 21 heavy (non-hydrogen) atoms. The van der Waals surface area contributed by atoms with Gasteiger partial charge in [-0.25, -0.2) is 0 Å². The molecule has 1 fully saturated rings. The Morgan fingerprint density at radius 2 is 2.05 bits per heavy atom. The van der Waals surface area contributed by atoms with E-state index >= 15 is 0 Å². The number of nitrogens with zero attached hydrogens (tertiary/aromatic N) is 1. The topological polar surface area (TPSA) is 24.5 Å². The van der Waals surface area contributed by atoms with Crippen molar-refractivity contribution >= 4 is 15.9 Å². The van der Waals surface area contributed by atoms with Crippen molar-refractivity contribution in [2.24, 2.45) is 0 Å². The number of unbranched alkanes of at least 4 members (excludes halogenated alkanes) is 1. The van der Waals surface area contributed by atoms with E-state index in [1.165, 1.54) is 24.8 Å². The summed E-state index contributed by atoms with van der Waals surface area (Å²) in [6.07, 6.45) is 3.69. The van der Waals surface area contributed by atoms with Crippen molar-refractivity contribution in [3.8, 4) is 5.75 Å². The summed E-state index contributed by atoms with van der Waals surface area (Å²) in [5.41, 5.74) is 1.33. The number of halogens is 1. The van der Waals surface area contributed by atoms with E-state index in [4.69, 9.17) is 4.74 Å². The van der Waals surface area contributed by atoms with Crippen molar-refractivity contribution in [2.45, 2.75) is 39.2 Å². The Morgan fingerprint density at radius 1 is 1.29 bits per heavy atom. The van der Waals surface area contributed by atoms with Gasteiger partial charge >= 0.3 is 0 Å². The summed E-state index contributed by atoms with van der Waals surface area (Å²) in [7, 11) is 0. The number of piperazine rings is 1. The number of hydrogen-bond donors (Lipinski definition) is 1. The van der Waals surface area contributed by atoms with E-state index in [9.17, 15) is 0 Å². The molecule has 1 aromatic carbocycles. The van der Waals surface area contributed by atoms with Crippen LogP contribution in [0.5, 0.6) is 5.75 Å². The van der Waals surface area contributed by atoms with Crippen LogP contribution in [-0.4, -0.2) is 37.7 Å². The van der Waals surface area contributed by atoms with Gasteiger partial charge in [0.15, 0.2) is 0 Å². The zero-order chi connectivity index (χ0) is 15.1. The second-order valence-corrected chi connectivity index (χ2v) is 6.47. The van der Waals surface area contributed by atoms with E-state index in [-0.39, 0.29) is 0 Å². The minimum atomic E-state index is 0.464. The van der Waals surface area contributed by atoms with Crippen LogP contribution in [0.4, 0.5) is 0 Å². The zero-order valence-electron chi connectivity index (χ0n) is 13.2. The Hall–Kier alpha value is -0.580. The molecule has 1 aromatic rings. The summed E-state index contributed by atoms with van der Waals surface area (Å²) in [6, 6.07) is 6.88. The summed E-state index contributed by atoms with van der Waals surface area (Å²) in [5.74, 6) is 1.04. The zero-order valence-corrected chi connectivity index (χ0v) is 14.8. The standard InChI is InChI=1S/C17H27BrN2O/c1-3-5-6-16(20-11-9-19-10-12-20)15-13-14(18)7-8-17(15)21-4-2/h7-8,13,16,19H,3-6,9-12H2,1-2H3. The van der Waals surface area contributed by atoms with Gasteiger partial charge in [-0.05, 0) is 31.5 Å². The molecule has 1 atom stereocenters. The average Bonchev–Trinajstić information content (AvgIpc) is 2.51. The molecule has 1 aliphatic heterocycles. The lowest BCUT2D eigenvalue weighted by Crippen LogP contribution is -2.45. The molecule has 118 valence electrons. The van der Waals surface area contributed by atoms with Crippen LogP contribution in [0.2, 0.25) is 0 Å². The quantitative estimate of drug-likeness (QED) is 0.801. The van der Waals surface area contributed by atoms with Crippen LogP contribution in [0.15, 0.2) is 22.7 Å². The van der Waals surface area contributed by atoms with Crippen LogP contribution in [0.1, 0.15) is 44.7 Å². The first-order valence-corrected chi connectivity index (χ1v) is 8.92. The van der Waals surface area contributed by atoms with Crippen LogP contribution < -0.4 is 10.1 Å². The maximum absolute atomic E-state index is 5.88. The monoisotopic (exact) mass is 354 g/mol. The first-order chi connectivity index (χ1) is 10.3.